The zero-order chi connectivity index (χ0) is 7.56. The fraction of sp³-hybridized carbons (Fsp3) is 0.250. The van der Waals surface area contributed by atoms with E-state index in [1.807, 2.05) is 31.2 Å². The quantitative estimate of drug-likeness (QED) is 0.641. The van der Waals surface area contributed by atoms with E-state index < -0.39 is 0 Å². The predicted molar refractivity (Wildman–Crippen MR) is 42.8 cm³/mol. The Morgan fingerprint density at radius 3 is 2.40 bits per heavy atom. The van der Waals surface area contributed by atoms with Crippen molar-refractivity contribution in [1.29, 1.82) is 0 Å². The zero-order valence-electron chi connectivity index (χ0n) is 5.97. The lowest BCUT2D eigenvalue weighted by molar-refractivity contribution is -0.420. The van der Waals surface area contributed by atoms with Crippen LogP contribution in [0.25, 0.3) is 0 Å². The van der Waals surface area contributed by atoms with Crippen molar-refractivity contribution in [2.24, 2.45) is 0 Å². The van der Waals surface area contributed by atoms with Gasteiger partial charge in [0.1, 0.15) is 6.04 Å². The van der Waals surface area contributed by atoms with E-state index in [0.717, 1.165) is 10.6 Å². The Kier molecular flexibility index (Phi) is 2.30. The Hall–Kier alpha value is -0.530. The highest BCUT2D eigenvalue weighted by molar-refractivity contribution is 6.31. The first-order valence-corrected chi connectivity index (χ1v) is 3.67. The van der Waals surface area contributed by atoms with Crippen LogP contribution in [-0.2, 0) is 0 Å². The molecule has 0 aliphatic heterocycles. The summed E-state index contributed by atoms with van der Waals surface area (Å²) in [5.41, 5.74) is 5.00. The maximum absolute atomic E-state index is 5.88. The molecule has 1 aromatic rings. The van der Waals surface area contributed by atoms with Crippen molar-refractivity contribution < 1.29 is 5.73 Å². The van der Waals surface area contributed by atoms with Crippen molar-refractivity contribution in [3.05, 3.63) is 34.9 Å². The Balaban J connectivity index is 3.03. The third-order valence-corrected chi connectivity index (χ3v) is 1.78. The molecule has 0 aromatic heterocycles. The fourth-order valence-electron chi connectivity index (χ4n) is 0.875. The molecule has 3 N–H and O–H groups in total. The predicted octanol–water partition coefficient (Wildman–Crippen LogP) is 1.64. The largest absolute Gasteiger partial charge is 0.352 e. The van der Waals surface area contributed by atoms with Gasteiger partial charge in [-0.15, -0.1) is 0 Å². The topological polar surface area (TPSA) is 27.6 Å². The summed E-state index contributed by atoms with van der Waals surface area (Å²) in [6.07, 6.45) is 0. The molecule has 0 fully saturated rings. The van der Waals surface area contributed by atoms with E-state index in [9.17, 15) is 0 Å². The van der Waals surface area contributed by atoms with Crippen LogP contribution in [0.3, 0.4) is 0 Å². The second kappa shape index (κ2) is 3.04. The lowest BCUT2D eigenvalue weighted by Gasteiger charge is -2.02. The number of rotatable bonds is 1. The second-order valence-electron chi connectivity index (χ2n) is 2.42. The molecule has 0 spiro atoms. The zero-order valence-corrected chi connectivity index (χ0v) is 6.73. The molecule has 0 saturated carbocycles. The monoisotopic (exact) mass is 156 g/mol. The number of hydrogen-bond acceptors (Lipinski definition) is 0. The van der Waals surface area contributed by atoms with Gasteiger partial charge in [-0.05, 0) is 13.0 Å². The van der Waals surface area contributed by atoms with Crippen LogP contribution in [0.15, 0.2) is 24.3 Å². The van der Waals surface area contributed by atoms with Crippen LogP contribution in [0.2, 0.25) is 5.02 Å². The van der Waals surface area contributed by atoms with Gasteiger partial charge in [0, 0.05) is 10.6 Å². The summed E-state index contributed by atoms with van der Waals surface area (Å²) < 4.78 is 0. The van der Waals surface area contributed by atoms with E-state index in [-0.39, 0.29) is 6.04 Å². The minimum atomic E-state index is 0.272. The van der Waals surface area contributed by atoms with Gasteiger partial charge in [0.25, 0.3) is 0 Å². The van der Waals surface area contributed by atoms with E-state index in [1.54, 1.807) is 0 Å². The number of halogens is 1. The molecule has 0 saturated heterocycles. The van der Waals surface area contributed by atoms with Crippen molar-refractivity contribution in [2.75, 3.05) is 0 Å². The molecule has 1 atom stereocenters. The van der Waals surface area contributed by atoms with Crippen molar-refractivity contribution >= 4 is 11.6 Å². The first kappa shape index (κ1) is 7.58. The molecule has 0 radical (unpaired) electrons. The summed E-state index contributed by atoms with van der Waals surface area (Å²) >= 11 is 5.88. The van der Waals surface area contributed by atoms with Gasteiger partial charge in [-0.1, -0.05) is 29.8 Å². The lowest BCUT2D eigenvalue weighted by Crippen LogP contribution is -2.51. The van der Waals surface area contributed by atoms with Crippen LogP contribution in [-0.4, -0.2) is 0 Å². The first-order valence-electron chi connectivity index (χ1n) is 3.29. The summed E-state index contributed by atoms with van der Waals surface area (Å²) in [5.74, 6) is 0. The summed E-state index contributed by atoms with van der Waals surface area (Å²) in [6, 6.07) is 8.06. The minimum absolute atomic E-state index is 0.272. The van der Waals surface area contributed by atoms with Crippen LogP contribution >= 0.6 is 11.6 Å². The normalized spacial score (nSPS) is 13.1. The smallest absolute Gasteiger partial charge is 0.109 e. The Morgan fingerprint density at radius 1 is 1.40 bits per heavy atom. The molecule has 1 nitrogen and oxygen atoms in total. The maximum Gasteiger partial charge on any atom is 0.109 e. The van der Waals surface area contributed by atoms with Gasteiger partial charge in [0.2, 0.25) is 0 Å². The molecule has 10 heavy (non-hydrogen) atoms. The number of benzene rings is 1. The molecule has 0 heterocycles. The lowest BCUT2D eigenvalue weighted by atomic mass is 10.1. The van der Waals surface area contributed by atoms with Crippen LogP contribution in [0.1, 0.15) is 18.5 Å². The average molecular weight is 157 g/mol. The molecular formula is C8H11ClN+. The average Bonchev–Trinajstić information content (AvgIpc) is 1.88. The van der Waals surface area contributed by atoms with E-state index in [4.69, 9.17) is 11.6 Å². The van der Waals surface area contributed by atoms with Gasteiger partial charge in [-0.3, -0.25) is 0 Å². The van der Waals surface area contributed by atoms with Crippen LogP contribution < -0.4 is 5.73 Å². The Morgan fingerprint density at radius 2 is 2.00 bits per heavy atom. The van der Waals surface area contributed by atoms with Gasteiger partial charge in [0.15, 0.2) is 0 Å². The van der Waals surface area contributed by atoms with Gasteiger partial charge in [-0.25, -0.2) is 0 Å². The summed E-state index contributed by atoms with van der Waals surface area (Å²) in [5, 5.41) is 0.810. The van der Waals surface area contributed by atoms with Crippen LogP contribution in [0.5, 0.6) is 0 Å². The summed E-state index contributed by atoms with van der Waals surface area (Å²) in [7, 11) is 0. The highest BCUT2D eigenvalue weighted by Gasteiger charge is 2.04. The second-order valence-corrected chi connectivity index (χ2v) is 2.83. The van der Waals surface area contributed by atoms with Gasteiger partial charge < -0.3 is 5.73 Å². The van der Waals surface area contributed by atoms with Crippen molar-refractivity contribution in [1.82, 2.24) is 0 Å². The fourth-order valence-corrected chi connectivity index (χ4v) is 1.20. The highest BCUT2D eigenvalue weighted by Crippen LogP contribution is 2.18. The third-order valence-electron chi connectivity index (χ3n) is 1.44. The third kappa shape index (κ3) is 1.49. The molecule has 0 bridgehead atoms. The number of hydrogen-bond donors (Lipinski definition) is 1. The van der Waals surface area contributed by atoms with Gasteiger partial charge in [-0.2, -0.15) is 0 Å². The Labute approximate surface area is 65.8 Å². The van der Waals surface area contributed by atoms with Crippen molar-refractivity contribution in [3.63, 3.8) is 0 Å². The van der Waals surface area contributed by atoms with Gasteiger partial charge >= 0.3 is 0 Å². The molecule has 2 heteroatoms. The summed E-state index contributed by atoms with van der Waals surface area (Å²) in [4.78, 5) is 0. The van der Waals surface area contributed by atoms with Gasteiger partial charge in [0.05, 0.1) is 0 Å². The summed E-state index contributed by atoms with van der Waals surface area (Å²) in [6.45, 7) is 2.03. The van der Waals surface area contributed by atoms with E-state index >= 15 is 0 Å². The molecular weight excluding hydrogens is 146 g/mol. The first-order chi connectivity index (χ1) is 4.72. The molecule has 0 amide bonds. The maximum atomic E-state index is 5.88. The van der Waals surface area contributed by atoms with Crippen LogP contribution in [0, 0.1) is 0 Å². The minimum Gasteiger partial charge on any atom is -0.352 e. The van der Waals surface area contributed by atoms with Crippen LogP contribution in [0.4, 0.5) is 0 Å². The molecule has 0 aliphatic rings. The molecule has 0 unspecified atom stereocenters. The van der Waals surface area contributed by atoms with E-state index in [0.29, 0.717) is 0 Å². The molecule has 0 aliphatic carbocycles. The molecule has 54 valence electrons. The Bertz CT molecular complexity index is 220. The molecule has 1 rings (SSSR count). The highest BCUT2D eigenvalue weighted by atomic mass is 35.5. The van der Waals surface area contributed by atoms with Crippen molar-refractivity contribution in [2.45, 2.75) is 13.0 Å². The molecule has 1 aromatic carbocycles. The SMILES string of the molecule is C[C@H]([NH3+])c1ccccc1Cl. The van der Waals surface area contributed by atoms with Crippen molar-refractivity contribution in [3.8, 4) is 0 Å². The van der Waals surface area contributed by atoms with E-state index in [1.165, 1.54) is 0 Å². The number of quaternary nitrogens is 1. The van der Waals surface area contributed by atoms with E-state index in [2.05, 4.69) is 5.73 Å². The standard InChI is InChI=1S/C8H10ClN/c1-6(10)7-4-2-3-5-8(7)9/h2-6H,10H2,1H3/p+1/t6-/m0/s1.